The van der Waals surface area contributed by atoms with Crippen LogP contribution in [0.25, 0.3) is 0 Å². The SMILES string of the molecule is C=C1NC(C)=C(C(=O)OC)C(c2ccc(O)c(OC)c2)C1C(=O)OC. The summed E-state index contributed by atoms with van der Waals surface area (Å²) in [6.07, 6.45) is 0. The van der Waals surface area contributed by atoms with Gasteiger partial charge < -0.3 is 24.6 Å². The number of benzene rings is 1. The lowest BCUT2D eigenvalue weighted by atomic mass is 9.75. The van der Waals surface area contributed by atoms with Crippen molar-refractivity contribution in [3.05, 3.63) is 47.3 Å². The monoisotopic (exact) mass is 347 g/mol. The molecule has 7 heteroatoms. The van der Waals surface area contributed by atoms with Crippen LogP contribution in [0.4, 0.5) is 0 Å². The van der Waals surface area contributed by atoms with E-state index in [1.807, 2.05) is 0 Å². The van der Waals surface area contributed by atoms with Gasteiger partial charge in [0.2, 0.25) is 0 Å². The van der Waals surface area contributed by atoms with Gasteiger partial charge in [0.15, 0.2) is 11.5 Å². The van der Waals surface area contributed by atoms with Crippen LogP contribution in [0.3, 0.4) is 0 Å². The highest BCUT2D eigenvalue weighted by Gasteiger charge is 2.42. The molecule has 0 radical (unpaired) electrons. The molecule has 2 unspecified atom stereocenters. The highest BCUT2D eigenvalue weighted by molar-refractivity contribution is 5.94. The van der Waals surface area contributed by atoms with E-state index in [1.165, 1.54) is 27.4 Å². The number of allylic oxidation sites excluding steroid dienone is 1. The fourth-order valence-corrected chi connectivity index (χ4v) is 3.03. The molecule has 0 spiro atoms. The van der Waals surface area contributed by atoms with E-state index in [1.54, 1.807) is 19.1 Å². The molecule has 0 bridgehead atoms. The van der Waals surface area contributed by atoms with Gasteiger partial charge in [-0.05, 0) is 24.6 Å². The molecule has 0 fully saturated rings. The number of rotatable bonds is 4. The Morgan fingerprint density at radius 2 is 1.88 bits per heavy atom. The molecule has 1 aliphatic heterocycles. The number of carbonyl (C=O) groups is 2. The zero-order valence-electron chi connectivity index (χ0n) is 14.6. The molecule has 1 heterocycles. The summed E-state index contributed by atoms with van der Waals surface area (Å²) in [5, 5.41) is 12.8. The van der Waals surface area contributed by atoms with Crippen LogP contribution in [0.15, 0.2) is 41.7 Å². The first-order valence-electron chi connectivity index (χ1n) is 7.55. The number of hydrogen-bond donors (Lipinski definition) is 2. The summed E-state index contributed by atoms with van der Waals surface area (Å²) in [4.78, 5) is 24.7. The Balaban J connectivity index is 2.70. The molecule has 0 amide bonds. The molecule has 2 rings (SSSR count). The summed E-state index contributed by atoms with van der Waals surface area (Å²) in [5.74, 6) is -2.45. The molecule has 1 aromatic carbocycles. The maximum atomic E-state index is 12.4. The van der Waals surface area contributed by atoms with Gasteiger partial charge in [0, 0.05) is 17.3 Å². The van der Waals surface area contributed by atoms with Crippen molar-refractivity contribution in [3.8, 4) is 11.5 Å². The molecular formula is C18H21NO6. The second kappa shape index (κ2) is 7.29. The van der Waals surface area contributed by atoms with Gasteiger partial charge in [-0.1, -0.05) is 12.6 Å². The summed E-state index contributed by atoms with van der Waals surface area (Å²) < 4.78 is 14.9. The number of methoxy groups -OCH3 is 3. The quantitative estimate of drug-likeness (QED) is 0.803. The van der Waals surface area contributed by atoms with E-state index < -0.39 is 23.8 Å². The van der Waals surface area contributed by atoms with E-state index >= 15 is 0 Å². The molecule has 0 aromatic heterocycles. The number of phenolic OH excluding ortho intramolecular Hbond substituents is 1. The minimum atomic E-state index is -0.836. The van der Waals surface area contributed by atoms with Crippen LogP contribution >= 0.6 is 0 Å². The van der Waals surface area contributed by atoms with Gasteiger partial charge >= 0.3 is 11.9 Å². The van der Waals surface area contributed by atoms with Crippen LogP contribution in [0.1, 0.15) is 18.4 Å². The number of ether oxygens (including phenoxy) is 3. The molecule has 134 valence electrons. The Labute approximate surface area is 145 Å². The zero-order valence-corrected chi connectivity index (χ0v) is 14.6. The summed E-state index contributed by atoms with van der Waals surface area (Å²) in [5.41, 5.74) is 1.83. The van der Waals surface area contributed by atoms with E-state index in [4.69, 9.17) is 14.2 Å². The Kier molecular flexibility index (Phi) is 5.36. The number of esters is 2. The lowest BCUT2D eigenvalue weighted by Gasteiger charge is -2.34. The predicted octanol–water partition coefficient (Wildman–Crippen LogP) is 1.84. The van der Waals surface area contributed by atoms with Crippen molar-refractivity contribution >= 4 is 11.9 Å². The van der Waals surface area contributed by atoms with Crippen molar-refractivity contribution in [1.29, 1.82) is 0 Å². The van der Waals surface area contributed by atoms with Gasteiger partial charge in [-0.25, -0.2) is 4.79 Å². The summed E-state index contributed by atoms with van der Waals surface area (Å²) >= 11 is 0. The molecule has 25 heavy (non-hydrogen) atoms. The predicted molar refractivity (Wildman–Crippen MR) is 89.9 cm³/mol. The van der Waals surface area contributed by atoms with E-state index in [-0.39, 0.29) is 17.1 Å². The van der Waals surface area contributed by atoms with E-state index in [9.17, 15) is 14.7 Å². The molecule has 0 saturated heterocycles. The minimum Gasteiger partial charge on any atom is -0.504 e. The third-order valence-corrected chi connectivity index (χ3v) is 4.20. The number of carbonyl (C=O) groups excluding carboxylic acids is 2. The molecule has 0 aliphatic carbocycles. The summed E-state index contributed by atoms with van der Waals surface area (Å²) in [6.45, 7) is 5.60. The first-order valence-corrected chi connectivity index (χ1v) is 7.55. The molecule has 7 nitrogen and oxygen atoms in total. The van der Waals surface area contributed by atoms with Crippen LogP contribution in [0.5, 0.6) is 11.5 Å². The maximum absolute atomic E-state index is 12.4. The number of aromatic hydroxyl groups is 1. The summed E-state index contributed by atoms with van der Waals surface area (Å²) in [7, 11) is 3.96. The Morgan fingerprint density at radius 3 is 2.44 bits per heavy atom. The van der Waals surface area contributed by atoms with Crippen molar-refractivity contribution in [2.45, 2.75) is 12.8 Å². The van der Waals surface area contributed by atoms with Gasteiger partial charge in [0.1, 0.15) is 5.92 Å². The van der Waals surface area contributed by atoms with Crippen LogP contribution in [-0.2, 0) is 19.1 Å². The number of hydrogen-bond acceptors (Lipinski definition) is 7. The van der Waals surface area contributed by atoms with Crippen molar-refractivity contribution in [2.24, 2.45) is 5.92 Å². The van der Waals surface area contributed by atoms with Crippen LogP contribution < -0.4 is 10.1 Å². The molecule has 1 aliphatic rings. The van der Waals surface area contributed by atoms with E-state index in [0.29, 0.717) is 17.0 Å². The number of nitrogens with one attached hydrogen (secondary N) is 1. The Morgan fingerprint density at radius 1 is 1.20 bits per heavy atom. The second-order valence-electron chi connectivity index (χ2n) is 5.59. The molecule has 2 N–H and O–H groups in total. The normalized spacial score (nSPS) is 19.9. The first kappa shape index (κ1) is 18.4. The average molecular weight is 347 g/mol. The second-order valence-corrected chi connectivity index (χ2v) is 5.59. The average Bonchev–Trinajstić information content (AvgIpc) is 2.60. The van der Waals surface area contributed by atoms with Crippen LogP contribution in [0.2, 0.25) is 0 Å². The smallest absolute Gasteiger partial charge is 0.336 e. The summed E-state index contributed by atoms with van der Waals surface area (Å²) in [6, 6.07) is 4.63. The fourth-order valence-electron chi connectivity index (χ4n) is 3.03. The Hall–Kier alpha value is -2.96. The van der Waals surface area contributed by atoms with Crippen molar-refractivity contribution in [2.75, 3.05) is 21.3 Å². The van der Waals surface area contributed by atoms with Crippen molar-refractivity contribution < 1.29 is 28.9 Å². The van der Waals surface area contributed by atoms with Crippen molar-refractivity contribution in [1.82, 2.24) is 5.32 Å². The van der Waals surface area contributed by atoms with E-state index in [2.05, 4.69) is 11.9 Å². The first-order chi connectivity index (χ1) is 11.8. The standard InChI is InChI=1S/C18H21NO6/c1-9-14(17(21)24-4)16(15(10(2)19-9)18(22)25-5)11-6-7-12(20)13(8-11)23-3/h6-8,14,16,19-20H,1H2,2-5H3. The topological polar surface area (TPSA) is 94.1 Å². The van der Waals surface area contributed by atoms with Crippen LogP contribution in [-0.4, -0.2) is 38.4 Å². The van der Waals surface area contributed by atoms with Gasteiger partial charge in [-0.15, -0.1) is 0 Å². The van der Waals surface area contributed by atoms with Gasteiger partial charge in [-0.2, -0.15) is 0 Å². The van der Waals surface area contributed by atoms with E-state index in [0.717, 1.165) is 0 Å². The largest absolute Gasteiger partial charge is 0.504 e. The highest BCUT2D eigenvalue weighted by Crippen LogP contribution is 2.43. The van der Waals surface area contributed by atoms with Crippen molar-refractivity contribution in [3.63, 3.8) is 0 Å². The van der Waals surface area contributed by atoms with Gasteiger partial charge in [-0.3, -0.25) is 4.79 Å². The highest BCUT2D eigenvalue weighted by atomic mass is 16.5. The van der Waals surface area contributed by atoms with Gasteiger partial charge in [0.25, 0.3) is 0 Å². The zero-order chi connectivity index (χ0) is 18.7. The third kappa shape index (κ3) is 3.31. The van der Waals surface area contributed by atoms with Crippen LogP contribution in [0, 0.1) is 5.92 Å². The third-order valence-electron chi connectivity index (χ3n) is 4.20. The molecule has 1 aromatic rings. The van der Waals surface area contributed by atoms with Gasteiger partial charge in [0.05, 0.1) is 26.9 Å². The molecular weight excluding hydrogens is 326 g/mol. The Bertz CT molecular complexity index is 752. The minimum absolute atomic E-state index is 0.0473. The number of phenols is 1. The molecule has 0 saturated carbocycles. The maximum Gasteiger partial charge on any atom is 0.336 e. The fraction of sp³-hybridized carbons (Fsp3) is 0.333. The lowest BCUT2D eigenvalue weighted by Crippen LogP contribution is -2.39. The molecule has 2 atom stereocenters. The lowest BCUT2D eigenvalue weighted by molar-refractivity contribution is -0.145.